The number of aliphatic hydroxyl groups is 1. The van der Waals surface area contributed by atoms with Crippen molar-refractivity contribution < 1.29 is 9.90 Å². The van der Waals surface area contributed by atoms with Gasteiger partial charge in [0.15, 0.2) is 0 Å². The summed E-state index contributed by atoms with van der Waals surface area (Å²) in [4.78, 5) is 14.4. The van der Waals surface area contributed by atoms with Crippen molar-refractivity contribution in [1.82, 2.24) is 4.90 Å². The summed E-state index contributed by atoms with van der Waals surface area (Å²) in [5.74, 6) is 1.40. The number of rotatable bonds is 4. The smallest absolute Gasteiger partial charge is 0.236 e. The van der Waals surface area contributed by atoms with E-state index >= 15 is 0 Å². The highest BCUT2D eigenvalue weighted by atomic mass is 32.2. The standard InChI is InChI=1S/C13H23NO2S/c15-9-8-14(11-5-2-1-3-6-11)13(16)12-7-4-10-17-12/h11-12,15H,1-10H2. The molecule has 0 aromatic heterocycles. The first-order chi connectivity index (χ1) is 8.33. The summed E-state index contributed by atoms with van der Waals surface area (Å²) < 4.78 is 0. The van der Waals surface area contributed by atoms with Crippen LogP contribution >= 0.6 is 11.8 Å². The van der Waals surface area contributed by atoms with Gasteiger partial charge in [0.1, 0.15) is 0 Å². The van der Waals surface area contributed by atoms with Gasteiger partial charge in [-0.15, -0.1) is 11.8 Å². The van der Waals surface area contributed by atoms with Gasteiger partial charge in [-0.1, -0.05) is 19.3 Å². The average Bonchev–Trinajstić information content (AvgIpc) is 2.90. The van der Waals surface area contributed by atoms with Gasteiger partial charge in [-0.3, -0.25) is 4.79 Å². The fourth-order valence-electron chi connectivity index (χ4n) is 2.93. The highest BCUT2D eigenvalue weighted by Gasteiger charge is 2.32. The lowest BCUT2D eigenvalue weighted by molar-refractivity contribution is -0.134. The van der Waals surface area contributed by atoms with E-state index in [1.54, 1.807) is 11.8 Å². The van der Waals surface area contributed by atoms with Crippen LogP contribution in [0.1, 0.15) is 44.9 Å². The molecule has 2 rings (SSSR count). The number of hydrogen-bond acceptors (Lipinski definition) is 3. The normalized spacial score (nSPS) is 26.1. The van der Waals surface area contributed by atoms with E-state index in [4.69, 9.17) is 5.11 Å². The summed E-state index contributed by atoms with van der Waals surface area (Å²) in [5.41, 5.74) is 0. The summed E-state index contributed by atoms with van der Waals surface area (Å²) in [6.07, 6.45) is 8.22. The predicted octanol–water partition coefficient (Wildman–Crippen LogP) is 2.04. The molecule has 98 valence electrons. The van der Waals surface area contributed by atoms with E-state index in [9.17, 15) is 4.79 Å². The lowest BCUT2D eigenvalue weighted by Crippen LogP contribution is -2.46. The number of nitrogens with zero attached hydrogens (tertiary/aromatic N) is 1. The molecule has 1 aliphatic carbocycles. The maximum atomic E-state index is 12.4. The maximum Gasteiger partial charge on any atom is 0.236 e. The number of thioether (sulfide) groups is 1. The molecule has 2 fully saturated rings. The van der Waals surface area contributed by atoms with Crippen LogP contribution in [-0.2, 0) is 4.79 Å². The molecule has 0 aromatic rings. The Balaban J connectivity index is 1.96. The SMILES string of the molecule is O=C(C1CCCS1)N(CCO)C1CCCCC1. The summed E-state index contributed by atoms with van der Waals surface area (Å²) in [6, 6.07) is 0.393. The third-order valence-corrected chi connectivity index (χ3v) is 5.21. The molecule has 17 heavy (non-hydrogen) atoms. The predicted molar refractivity (Wildman–Crippen MR) is 71.2 cm³/mol. The molecule has 2 aliphatic rings. The Bertz CT molecular complexity index is 248. The van der Waals surface area contributed by atoms with Gasteiger partial charge in [0, 0.05) is 12.6 Å². The Labute approximate surface area is 108 Å². The third kappa shape index (κ3) is 3.38. The molecule has 3 nitrogen and oxygen atoms in total. The van der Waals surface area contributed by atoms with Crippen LogP contribution in [0.2, 0.25) is 0 Å². The first kappa shape index (κ1) is 13.2. The fraction of sp³-hybridized carbons (Fsp3) is 0.923. The van der Waals surface area contributed by atoms with E-state index in [2.05, 4.69) is 0 Å². The monoisotopic (exact) mass is 257 g/mol. The zero-order valence-corrected chi connectivity index (χ0v) is 11.3. The van der Waals surface area contributed by atoms with Gasteiger partial charge < -0.3 is 10.0 Å². The molecule has 1 saturated carbocycles. The van der Waals surface area contributed by atoms with Crippen molar-refractivity contribution in [2.24, 2.45) is 0 Å². The third-order valence-electron chi connectivity index (χ3n) is 3.84. The summed E-state index contributed by atoms with van der Waals surface area (Å²) in [7, 11) is 0. The molecule has 0 spiro atoms. The van der Waals surface area contributed by atoms with Crippen LogP contribution in [0.3, 0.4) is 0 Å². The van der Waals surface area contributed by atoms with Gasteiger partial charge in [0.25, 0.3) is 0 Å². The van der Waals surface area contributed by atoms with Crippen LogP contribution < -0.4 is 0 Å². The van der Waals surface area contributed by atoms with Crippen molar-refractivity contribution in [3.8, 4) is 0 Å². The van der Waals surface area contributed by atoms with Crippen LogP contribution in [0.15, 0.2) is 0 Å². The molecule has 1 aliphatic heterocycles. The lowest BCUT2D eigenvalue weighted by atomic mass is 9.94. The van der Waals surface area contributed by atoms with E-state index in [1.807, 2.05) is 4.90 Å². The second kappa shape index (κ2) is 6.64. The van der Waals surface area contributed by atoms with Crippen molar-refractivity contribution in [2.75, 3.05) is 18.9 Å². The largest absolute Gasteiger partial charge is 0.395 e. The molecule has 0 aromatic carbocycles. The minimum absolute atomic E-state index is 0.0969. The van der Waals surface area contributed by atoms with Crippen molar-refractivity contribution in [3.05, 3.63) is 0 Å². The molecule has 0 bridgehead atoms. The van der Waals surface area contributed by atoms with Crippen molar-refractivity contribution in [1.29, 1.82) is 0 Å². The zero-order valence-electron chi connectivity index (χ0n) is 10.4. The van der Waals surface area contributed by atoms with E-state index in [1.165, 1.54) is 25.7 Å². The molecule has 4 heteroatoms. The Morgan fingerprint density at radius 1 is 1.18 bits per heavy atom. The number of carbonyl (C=O) groups is 1. The van der Waals surface area contributed by atoms with Crippen LogP contribution in [0.25, 0.3) is 0 Å². The Kier molecular flexibility index (Phi) is 5.16. The minimum atomic E-state index is 0.0969. The van der Waals surface area contributed by atoms with E-state index in [-0.39, 0.29) is 17.8 Å². The Morgan fingerprint density at radius 3 is 2.53 bits per heavy atom. The molecule has 1 atom stereocenters. The van der Waals surface area contributed by atoms with E-state index in [0.29, 0.717) is 12.6 Å². The lowest BCUT2D eigenvalue weighted by Gasteiger charge is -2.35. The summed E-state index contributed by atoms with van der Waals surface area (Å²) in [5, 5.41) is 9.33. The van der Waals surface area contributed by atoms with Crippen molar-refractivity contribution in [2.45, 2.75) is 56.2 Å². The summed E-state index contributed by atoms with van der Waals surface area (Å²) in [6.45, 7) is 0.625. The van der Waals surface area contributed by atoms with Gasteiger partial charge in [0.05, 0.1) is 11.9 Å². The van der Waals surface area contributed by atoms with Crippen LogP contribution in [-0.4, -0.2) is 46.1 Å². The van der Waals surface area contributed by atoms with E-state index < -0.39 is 0 Å². The number of aliphatic hydroxyl groups excluding tert-OH is 1. The Morgan fingerprint density at radius 2 is 1.94 bits per heavy atom. The molecule has 1 heterocycles. The quantitative estimate of drug-likeness (QED) is 0.838. The molecular formula is C13H23NO2S. The number of hydrogen-bond donors (Lipinski definition) is 1. The van der Waals surface area contributed by atoms with Crippen LogP contribution in [0.5, 0.6) is 0 Å². The van der Waals surface area contributed by atoms with Gasteiger partial charge in [0.2, 0.25) is 5.91 Å². The summed E-state index contributed by atoms with van der Waals surface area (Å²) >= 11 is 1.80. The van der Waals surface area contributed by atoms with Crippen molar-refractivity contribution in [3.63, 3.8) is 0 Å². The molecule has 1 saturated heterocycles. The molecule has 1 unspecified atom stereocenters. The maximum absolute atomic E-state index is 12.4. The van der Waals surface area contributed by atoms with Crippen LogP contribution in [0.4, 0.5) is 0 Å². The first-order valence-electron chi connectivity index (χ1n) is 6.86. The van der Waals surface area contributed by atoms with Gasteiger partial charge >= 0.3 is 0 Å². The topological polar surface area (TPSA) is 40.5 Å². The molecular weight excluding hydrogens is 234 g/mol. The van der Waals surface area contributed by atoms with Gasteiger partial charge in [-0.25, -0.2) is 0 Å². The zero-order chi connectivity index (χ0) is 12.1. The van der Waals surface area contributed by atoms with Gasteiger partial charge in [-0.05, 0) is 31.4 Å². The fourth-order valence-corrected chi connectivity index (χ4v) is 4.16. The highest BCUT2D eigenvalue weighted by molar-refractivity contribution is 8.00. The molecule has 1 amide bonds. The minimum Gasteiger partial charge on any atom is -0.395 e. The molecule has 1 N–H and O–H groups in total. The number of amides is 1. The first-order valence-corrected chi connectivity index (χ1v) is 7.90. The Hall–Kier alpha value is -0.220. The van der Waals surface area contributed by atoms with Crippen molar-refractivity contribution >= 4 is 17.7 Å². The van der Waals surface area contributed by atoms with E-state index in [0.717, 1.165) is 25.0 Å². The number of carbonyl (C=O) groups excluding carboxylic acids is 1. The average molecular weight is 257 g/mol. The highest BCUT2D eigenvalue weighted by Crippen LogP contribution is 2.30. The van der Waals surface area contributed by atoms with Crippen LogP contribution in [0, 0.1) is 0 Å². The van der Waals surface area contributed by atoms with Gasteiger partial charge in [-0.2, -0.15) is 0 Å². The second-order valence-electron chi connectivity index (χ2n) is 5.05. The molecule has 0 radical (unpaired) electrons. The second-order valence-corrected chi connectivity index (χ2v) is 6.36.